The van der Waals surface area contributed by atoms with E-state index in [1.54, 1.807) is 41.3 Å². The van der Waals surface area contributed by atoms with Gasteiger partial charge in [-0.2, -0.15) is 0 Å². The Morgan fingerprint density at radius 1 is 0.951 bits per heavy atom. The predicted molar refractivity (Wildman–Crippen MR) is 164 cm³/mol. The van der Waals surface area contributed by atoms with Gasteiger partial charge < -0.3 is 15.0 Å². The van der Waals surface area contributed by atoms with Crippen LogP contribution in [-0.4, -0.2) is 57.1 Å². The Balaban J connectivity index is 1.88. The number of hydrogen-bond acceptors (Lipinski definition) is 5. The summed E-state index contributed by atoms with van der Waals surface area (Å²) in [5.41, 5.74) is 2.20. The van der Waals surface area contributed by atoms with E-state index in [0.717, 1.165) is 17.4 Å². The average Bonchev–Trinajstić information content (AvgIpc) is 2.93. The molecule has 2 amide bonds. The van der Waals surface area contributed by atoms with Crippen molar-refractivity contribution in [1.29, 1.82) is 0 Å². The van der Waals surface area contributed by atoms with Gasteiger partial charge in [-0.15, -0.1) is 0 Å². The third kappa shape index (κ3) is 9.79. The van der Waals surface area contributed by atoms with Gasteiger partial charge in [0.2, 0.25) is 21.8 Å². The molecule has 0 saturated carbocycles. The van der Waals surface area contributed by atoms with Crippen LogP contribution in [0.2, 0.25) is 5.02 Å². The summed E-state index contributed by atoms with van der Waals surface area (Å²) in [6, 6.07) is 22.6. The van der Waals surface area contributed by atoms with Gasteiger partial charge in [-0.3, -0.25) is 13.9 Å². The lowest BCUT2D eigenvalue weighted by atomic mass is 10.0. The lowest BCUT2D eigenvalue weighted by Crippen LogP contribution is -2.51. The number of halogens is 1. The van der Waals surface area contributed by atoms with E-state index in [0.29, 0.717) is 22.9 Å². The number of amides is 2. The highest BCUT2D eigenvalue weighted by molar-refractivity contribution is 7.92. The van der Waals surface area contributed by atoms with Crippen LogP contribution in [0.5, 0.6) is 5.75 Å². The molecule has 1 atom stereocenters. The standard InChI is InChI=1S/C31H38ClN3O5S/c1-23(2)33-31(37)29(20-24-10-6-5-7-11-24)34(22-25-15-17-26(32)18-16-25)30(36)14-9-19-35(41(4,38)39)27-12-8-13-28(21-27)40-3/h5-8,10-13,15-18,21,23,29H,9,14,19-20,22H2,1-4H3,(H,33,37)/t29-/m1/s1. The van der Waals surface area contributed by atoms with Gasteiger partial charge in [0.25, 0.3) is 0 Å². The molecule has 8 nitrogen and oxygen atoms in total. The van der Waals surface area contributed by atoms with Crippen LogP contribution in [-0.2, 0) is 32.6 Å². The first-order valence-corrected chi connectivity index (χ1v) is 15.7. The maximum Gasteiger partial charge on any atom is 0.243 e. The Hall–Kier alpha value is -3.56. The van der Waals surface area contributed by atoms with Gasteiger partial charge in [-0.05, 0) is 55.7 Å². The number of benzene rings is 3. The Labute approximate surface area is 248 Å². The molecule has 0 aliphatic carbocycles. The number of rotatable bonds is 14. The lowest BCUT2D eigenvalue weighted by molar-refractivity contribution is -0.141. The van der Waals surface area contributed by atoms with Crippen molar-refractivity contribution in [3.8, 4) is 5.75 Å². The molecule has 0 bridgehead atoms. The first-order chi connectivity index (χ1) is 19.5. The Morgan fingerprint density at radius 3 is 2.24 bits per heavy atom. The van der Waals surface area contributed by atoms with Crippen molar-refractivity contribution in [2.45, 2.75) is 51.7 Å². The van der Waals surface area contributed by atoms with E-state index in [2.05, 4.69) is 5.32 Å². The lowest BCUT2D eigenvalue weighted by Gasteiger charge is -2.32. The summed E-state index contributed by atoms with van der Waals surface area (Å²) >= 11 is 6.09. The summed E-state index contributed by atoms with van der Waals surface area (Å²) in [6.07, 6.45) is 1.76. The van der Waals surface area contributed by atoms with Gasteiger partial charge in [0.1, 0.15) is 11.8 Å². The Morgan fingerprint density at radius 2 is 1.63 bits per heavy atom. The number of ether oxygens (including phenoxy) is 1. The number of nitrogens with one attached hydrogen (secondary N) is 1. The van der Waals surface area contributed by atoms with Crippen LogP contribution in [0.1, 0.15) is 37.8 Å². The molecule has 0 fully saturated rings. The normalized spacial score (nSPS) is 12.0. The minimum Gasteiger partial charge on any atom is -0.497 e. The molecule has 1 N–H and O–H groups in total. The largest absolute Gasteiger partial charge is 0.497 e. The molecule has 3 aromatic rings. The van der Waals surface area contributed by atoms with Crippen LogP contribution < -0.4 is 14.4 Å². The van der Waals surface area contributed by atoms with Crippen LogP contribution >= 0.6 is 11.6 Å². The molecular formula is C31H38ClN3O5S. The van der Waals surface area contributed by atoms with Gasteiger partial charge in [0, 0.05) is 43.1 Å². The van der Waals surface area contributed by atoms with Gasteiger partial charge in [0.15, 0.2) is 0 Å². The number of carbonyl (C=O) groups is 2. The zero-order valence-corrected chi connectivity index (χ0v) is 25.5. The second-order valence-electron chi connectivity index (χ2n) is 10.2. The van der Waals surface area contributed by atoms with E-state index in [-0.39, 0.29) is 43.8 Å². The number of hydrogen-bond donors (Lipinski definition) is 1. The van der Waals surface area contributed by atoms with Crippen molar-refractivity contribution in [3.05, 3.63) is 95.0 Å². The first-order valence-electron chi connectivity index (χ1n) is 13.5. The molecule has 0 saturated heterocycles. The highest BCUT2D eigenvalue weighted by Gasteiger charge is 2.31. The van der Waals surface area contributed by atoms with Crippen LogP contribution in [0.4, 0.5) is 5.69 Å². The number of anilines is 1. The quantitative estimate of drug-likeness (QED) is 0.279. The SMILES string of the molecule is COc1cccc(N(CCCC(=O)N(Cc2ccc(Cl)cc2)[C@H](Cc2ccccc2)C(=O)NC(C)C)S(C)(=O)=O)c1. The fraction of sp³-hybridized carbons (Fsp3) is 0.355. The number of methoxy groups -OCH3 is 1. The van der Waals surface area contributed by atoms with Crippen molar-refractivity contribution in [3.63, 3.8) is 0 Å². The predicted octanol–water partition coefficient (Wildman–Crippen LogP) is 5.06. The Kier molecular flexibility index (Phi) is 11.6. The zero-order chi connectivity index (χ0) is 30.0. The van der Waals surface area contributed by atoms with Crippen LogP contribution in [0, 0.1) is 0 Å². The minimum atomic E-state index is -3.62. The molecular weight excluding hydrogens is 562 g/mol. The molecule has 3 rings (SSSR count). The highest BCUT2D eigenvalue weighted by Crippen LogP contribution is 2.24. The van der Waals surface area contributed by atoms with Crippen molar-refractivity contribution in [2.24, 2.45) is 0 Å². The summed E-state index contributed by atoms with van der Waals surface area (Å²) < 4.78 is 31.8. The maximum atomic E-state index is 13.8. The molecule has 0 heterocycles. The topological polar surface area (TPSA) is 96.0 Å². The highest BCUT2D eigenvalue weighted by atomic mass is 35.5. The van der Waals surface area contributed by atoms with E-state index in [4.69, 9.17) is 16.3 Å². The van der Waals surface area contributed by atoms with Gasteiger partial charge in [0.05, 0.1) is 19.1 Å². The number of sulfonamides is 1. The summed E-state index contributed by atoms with van der Waals surface area (Å²) in [6.45, 7) is 4.04. The molecule has 0 aliphatic rings. The molecule has 0 radical (unpaired) electrons. The molecule has 0 aromatic heterocycles. The van der Waals surface area contributed by atoms with E-state index in [9.17, 15) is 18.0 Å². The Bertz CT molecular complexity index is 1400. The molecule has 0 unspecified atom stereocenters. The molecule has 0 spiro atoms. The second-order valence-corrected chi connectivity index (χ2v) is 12.5. The van der Waals surface area contributed by atoms with E-state index in [1.165, 1.54) is 11.4 Å². The average molecular weight is 600 g/mol. The van der Waals surface area contributed by atoms with E-state index >= 15 is 0 Å². The summed E-state index contributed by atoms with van der Waals surface area (Å²) in [4.78, 5) is 28.9. The fourth-order valence-corrected chi connectivity index (χ4v) is 5.57. The van der Waals surface area contributed by atoms with Crippen molar-refractivity contribution in [1.82, 2.24) is 10.2 Å². The molecule has 0 aliphatic heterocycles. The number of carbonyl (C=O) groups excluding carboxylic acids is 2. The minimum absolute atomic E-state index is 0.0455. The number of nitrogens with zero attached hydrogens (tertiary/aromatic N) is 2. The van der Waals surface area contributed by atoms with E-state index < -0.39 is 16.1 Å². The summed E-state index contributed by atoms with van der Waals surface area (Å²) in [5, 5.41) is 3.54. The zero-order valence-electron chi connectivity index (χ0n) is 23.9. The first kappa shape index (κ1) is 32.0. The molecule has 41 heavy (non-hydrogen) atoms. The third-order valence-electron chi connectivity index (χ3n) is 6.46. The second kappa shape index (κ2) is 14.9. The molecule has 220 valence electrons. The molecule has 3 aromatic carbocycles. The van der Waals surface area contributed by atoms with Crippen molar-refractivity contribution >= 4 is 39.1 Å². The monoisotopic (exact) mass is 599 g/mol. The summed E-state index contributed by atoms with van der Waals surface area (Å²) in [5.74, 6) is 0.0282. The van der Waals surface area contributed by atoms with Crippen LogP contribution in [0.25, 0.3) is 0 Å². The van der Waals surface area contributed by atoms with Crippen molar-refractivity contribution in [2.75, 3.05) is 24.2 Å². The van der Waals surface area contributed by atoms with Crippen LogP contribution in [0.3, 0.4) is 0 Å². The van der Waals surface area contributed by atoms with Crippen molar-refractivity contribution < 1.29 is 22.7 Å². The van der Waals surface area contributed by atoms with E-state index in [1.807, 2.05) is 56.3 Å². The smallest absolute Gasteiger partial charge is 0.243 e. The summed E-state index contributed by atoms with van der Waals surface area (Å²) in [7, 11) is -2.11. The van der Waals surface area contributed by atoms with Gasteiger partial charge in [-0.25, -0.2) is 8.42 Å². The van der Waals surface area contributed by atoms with Gasteiger partial charge >= 0.3 is 0 Å². The van der Waals surface area contributed by atoms with Gasteiger partial charge in [-0.1, -0.05) is 60.1 Å². The fourth-order valence-electron chi connectivity index (χ4n) is 4.49. The maximum absolute atomic E-state index is 13.8. The van der Waals surface area contributed by atoms with Crippen LogP contribution in [0.15, 0.2) is 78.9 Å². The molecule has 10 heteroatoms. The third-order valence-corrected chi connectivity index (χ3v) is 7.91.